The lowest BCUT2D eigenvalue weighted by atomic mass is 10.1. The van der Waals surface area contributed by atoms with E-state index in [-0.39, 0.29) is 0 Å². The maximum Gasteiger partial charge on any atom is 0.121 e. The quantitative estimate of drug-likeness (QED) is 0.780. The molecule has 0 aliphatic carbocycles. The fraction of sp³-hybridized carbons (Fsp3) is 0.562. The summed E-state index contributed by atoms with van der Waals surface area (Å²) in [4.78, 5) is 12.3. The summed E-state index contributed by atoms with van der Waals surface area (Å²) in [7, 11) is 1.91. The number of nitrogens with two attached hydrogens (primary N) is 1. The first-order valence-electron chi connectivity index (χ1n) is 7.43. The van der Waals surface area contributed by atoms with Crippen LogP contribution in [0, 0.1) is 0 Å². The highest BCUT2D eigenvalue weighted by molar-refractivity contribution is 5.49. The molecule has 0 atom stereocenters. The number of nitrogens with zero attached hydrogens (tertiary/aromatic N) is 1. The molecule has 0 bridgehead atoms. The van der Waals surface area contributed by atoms with Gasteiger partial charge in [-0.05, 0) is 56.6 Å². The third-order valence-corrected chi connectivity index (χ3v) is 3.44. The Kier molecular flexibility index (Phi) is 8.67. The van der Waals surface area contributed by atoms with E-state index in [1.807, 2.05) is 7.05 Å². The Balaban J connectivity index is 0.000000204. The molecule has 0 amide bonds. The smallest absolute Gasteiger partial charge is 0.121 e. The number of carbonyl (C=O) groups excluding carboxylic acids is 1. The maximum atomic E-state index is 9.93. The van der Waals surface area contributed by atoms with Crippen LogP contribution in [0.5, 0.6) is 0 Å². The van der Waals surface area contributed by atoms with Crippen molar-refractivity contribution < 1.29 is 4.79 Å². The number of anilines is 1. The number of hydrogen-bond acceptors (Lipinski definition) is 4. The highest BCUT2D eigenvalue weighted by Crippen LogP contribution is 2.08. The first kappa shape index (κ1) is 16.7. The van der Waals surface area contributed by atoms with E-state index in [0.717, 1.165) is 31.5 Å². The van der Waals surface area contributed by atoms with Gasteiger partial charge < -0.3 is 20.7 Å². The molecular weight excluding hydrogens is 250 g/mol. The van der Waals surface area contributed by atoms with Gasteiger partial charge in [0.15, 0.2) is 0 Å². The summed E-state index contributed by atoms with van der Waals surface area (Å²) in [5.41, 5.74) is 7.86. The molecule has 1 aromatic carbocycles. The molecule has 20 heavy (non-hydrogen) atoms. The van der Waals surface area contributed by atoms with Gasteiger partial charge >= 0.3 is 0 Å². The monoisotopic (exact) mass is 277 g/mol. The Morgan fingerprint density at radius 3 is 2.40 bits per heavy atom. The van der Waals surface area contributed by atoms with Crippen molar-refractivity contribution in [3.05, 3.63) is 29.8 Å². The van der Waals surface area contributed by atoms with Crippen molar-refractivity contribution in [2.45, 2.75) is 25.7 Å². The molecule has 2 rings (SSSR count). The van der Waals surface area contributed by atoms with Gasteiger partial charge in [-0.15, -0.1) is 0 Å². The second-order valence-corrected chi connectivity index (χ2v) is 4.99. The minimum absolute atomic E-state index is 0.708. The molecule has 1 aliphatic rings. The largest absolute Gasteiger partial charge is 0.388 e. The normalized spacial score (nSPS) is 14.5. The third-order valence-electron chi connectivity index (χ3n) is 3.44. The van der Waals surface area contributed by atoms with Gasteiger partial charge in [0.1, 0.15) is 6.29 Å². The zero-order chi connectivity index (χ0) is 14.6. The van der Waals surface area contributed by atoms with E-state index in [0.29, 0.717) is 6.42 Å². The van der Waals surface area contributed by atoms with Gasteiger partial charge in [-0.3, -0.25) is 0 Å². The van der Waals surface area contributed by atoms with E-state index >= 15 is 0 Å². The van der Waals surface area contributed by atoms with Crippen LogP contribution in [-0.2, 0) is 11.2 Å². The summed E-state index contributed by atoms with van der Waals surface area (Å²) >= 11 is 0. The number of carbonyl (C=O) groups is 1. The maximum absolute atomic E-state index is 9.93. The van der Waals surface area contributed by atoms with E-state index in [1.165, 1.54) is 31.5 Å². The van der Waals surface area contributed by atoms with Crippen molar-refractivity contribution in [2.75, 3.05) is 38.5 Å². The molecule has 1 saturated heterocycles. The second kappa shape index (κ2) is 10.4. The van der Waals surface area contributed by atoms with Crippen molar-refractivity contribution in [2.24, 2.45) is 5.73 Å². The van der Waals surface area contributed by atoms with Crippen LogP contribution in [-0.4, -0.2) is 44.4 Å². The fourth-order valence-corrected chi connectivity index (χ4v) is 2.25. The predicted molar refractivity (Wildman–Crippen MR) is 85.1 cm³/mol. The highest BCUT2D eigenvalue weighted by atomic mass is 16.1. The number of benzene rings is 1. The van der Waals surface area contributed by atoms with Crippen molar-refractivity contribution in [3.63, 3.8) is 0 Å². The van der Waals surface area contributed by atoms with Crippen LogP contribution in [0.1, 0.15) is 24.8 Å². The van der Waals surface area contributed by atoms with E-state index in [2.05, 4.69) is 34.5 Å². The van der Waals surface area contributed by atoms with Crippen LogP contribution in [0.4, 0.5) is 5.69 Å². The average Bonchev–Trinajstić information content (AvgIpc) is 3.00. The molecule has 1 aromatic rings. The molecule has 1 aliphatic heterocycles. The van der Waals surface area contributed by atoms with E-state index in [4.69, 9.17) is 5.73 Å². The zero-order valence-electron chi connectivity index (χ0n) is 12.5. The number of nitrogens with one attached hydrogen (secondary N) is 1. The summed E-state index contributed by atoms with van der Waals surface area (Å²) < 4.78 is 0. The summed E-state index contributed by atoms with van der Waals surface area (Å²) in [6, 6.07) is 8.31. The molecule has 1 fully saturated rings. The molecule has 0 aromatic heterocycles. The Hall–Kier alpha value is -1.39. The molecule has 0 radical (unpaired) electrons. The summed E-state index contributed by atoms with van der Waals surface area (Å²) in [5, 5.41) is 3.07. The molecule has 4 heteroatoms. The predicted octanol–water partition coefficient (Wildman–Crippen LogP) is 1.90. The van der Waals surface area contributed by atoms with Gasteiger partial charge in [-0.25, -0.2) is 0 Å². The minimum Gasteiger partial charge on any atom is -0.388 e. The second-order valence-electron chi connectivity index (χ2n) is 4.99. The van der Waals surface area contributed by atoms with Crippen LogP contribution in [0.15, 0.2) is 24.3 Å². The van der Waals surface area contributed by atoms with Crippen LogP contribution < -0.4 is 11.1 Å². The molecule has 3 N–H and O–H groups in total. The van der Waals surface area contributed by atoms with Gasteiger partial charge in [0, 0.05) is 25.7 Å². The van der Waals surface area contributed by atoms with E-state index in [1.54, 1.807) is 0 Å². The lowest BCUT2D eigenvalue weighted by molar-refractivity contribution is -0.108. The Morgan fingerprint density at radius 2 is 1.90 bits per heavy atom. The number of rotatable bonds is 6. The molecular formula is C16H27N3O. The SMILES string of the molecule is CNc1ccc(CCN)cc1.O=CCCN1CCCC1. The first-order valence-corrected chi connectivity index (χ1v) is 7.43. The van der Waals surface area contributed by atoms with Crippen molar-refractivity contribution in [1.29, 1.82) is 0 Å². The summed E-state index contributed by atoms with van der Waals surface area (Å²) in [6.45, 7) is 4.10. The van der Waals surface area contributed by atoms with Gasteiger partial charge in [0.05, 0.1) is 0 Å². The Labute approximate surface area is 122 Å². The van der Waals surface area contributed by atoms with E-state index < -0.39 is 0 Å². The third kappa shape index (κ3) is 6.68. The Morgan fingerprint density at radius 1 is 1.25 bits per heavy atom. The average molecular weight is 277 g/mol. The standard InChI is InChI=1S/C9H14N2.C7H13NO/c1-11-9-4-2-8(3-5-9)6-7-10;9-7-3-6-8-4-1-2-5-8/h2-5,11H,6-7,10H2,1H3;7H,1-6H2. The lowest BCUT2D eigenvalue weighted by Crippen LogP contribution is -2.20. The molecule has 0 spiro atoms. The topological polar surface area (TPSA) is 58.4 Å². The number of hydrogen-bond donors (Lipinski definition) is 2. The van der Waals surface area contributed by atoms with Crippen LogP contribution >= 0.6 is 0 Å². The van der Waals surface area contributed by atoms with Crippen molar-refractivity contribution in [3.8, 4) is 0 Å². The minimum atomic E-state index is 0.708. The summed E-state index contributed by atoms with van der Waals surface area (Å²) in [5.74, 6) is 0. The van der Waals surface area contributed by atoms with Gasteiger partial charge in [-0.2, -0.15) is 0 Å². The van der Waals surface area contributed by atoms with Gasteiger partial charge in [0.2, 0.25) is 0 Å². The summed E-state index contributed by atoms with van der Waals surface area (Å²) in [6.07, 6.45) is 5.31. The zero-order valence-corrected chi connectivity index (χ0v) is 12.5. The van der Waals surface area contributed by atoms with Crippen LogP contribution in [0.3, 0.4) is 0 Å². The highest BCUT2D eigenvalue weighted by Gasteiger charge is 2.09. The van der Waals surface area contributed by atoms with E-state index in [9.17, 15) is 4.79 Å². The van der Waals surface area contributed by atoms with Gasteiger partial charge in [0.25, 0.3) is 0 Å². The fourth-order valence-electron chi connectivity index (χ4n) is 2.25. The molecule has 0 saturated carbocycles. The van der Waals surface area contributed by atoms with Crippen molar-refractivity contribution in [1.82, 2.24) is 4.90 Å². The van der Waals surface area contributed by atoms with Gasteiger partial charge in [-0.1, -0.05) is 12.1 Å². The first-order chi connectivity index (χ1) is 9.80. The Bertz CT molecular complexity index is 358. The van der Waals surface area contributed by atoms with Crippen LogP contribution in [0.2, 0.25) is 0 Å². The molecule has 112 valence electrons. The number of aldehydes is 1. The van der Waals surface area contributed by atoms with Crippen molar-refractivity contribution >= 4 is 12.0 Å². The lowest BCUT2D eigenvalue weighted by Gasteiger charge is -2.10. The molecule has 0 unspecified atom stereocenters. The number of likely N-dealkylation sites (tertiary alicyclic amines) is 1. The van der Waals surface area contributed by atoms with Crippen LogP contribution in [0.25, 0.3) is 0 Å². The molecule has 4 nitrogen and oxygen atoms in total. The molecule has 1 heterocycles.